The molecule has 1 N–H and O–H groups in total. The maximum Gasteiger partial charge on any atom is 0.124 e. The van der Waals surface area contributed by atoms with E-state index in [-0.39, 0.29) is 0 Å². The van der Waals surface area contributed by atoms with Gasteiger partial charge in [0.05, 0.1) is 13.2 Å². The lowest BCUT2D eigenvalue weighted by Gasteiger charge is -2.13. The third-order valence-electron chi connectivity index (χ3n) is 2.95. The molecule has 0 spiro atoms. The van der Waals surface area contributed by atoms with E-state index in [9.17, 15) is 0 Å². The van der Waals surface area contributed by atoms with E-state index in [1.807, 2.05) is 18.2 Å². The number of hydrogen-bond acceptors (Lipinski definition) is 4. The molecule has 0 amide bonds. The van der Waals surface area contributed by atoms with Crippen molar-refractivity contribution in [3.63, 3.8) is 0 Å². The first-order chi connectivity index (χ1) is 10.3. The monoisotopic (exact) mass is 315 g/mol. The normalized spacial score (nSPS) is 10.8. The van der Waals surface area contributed by atoms with Gasteiger partial charge in [-0.25, -0.2) is 0 Å². The van der Waals surface area contributed by atoms with Crippen molar-refractivity contribution in [2.24, 2.45) is 0 Å². The average Bonchev–Trinajstić information content (AvgIpc) is 2.49. The molecule has 1 aromatic carbocycles. The Hall–Kier alpha value is -0.810. The summed E-state index contributed by atoms with van der Waals surface area (Å²) in [5.41, 5.74) is 1.05. The van der Waals surface area contributed by atoms with E-state index in [2.05, 4.69) is 12.2 Å². The van der Waals surface area contributed by atoms with Gasteiger partial charge in [0.25, 0.3) is 0 Å². The fourth-order valence-corrected chi connectivity index (χ4v) is 1.98. The maximum atomic E-state index is 6.04. The lowest BCUT2D eigenvalue weighted by Crippen LogP contribution is -2.19. The summed E-state index contributed by atoms with van der Waals surface area (Å²) >= 11 is 6.04. The van der Waals surface area contributed by atoms with E-state index in [1.165, 1.54) is 0 Å². The van der Waals surface area contributed by atoms with Gasteiger partial charge in [-0.05, 0) is 24.6 Å². The molecule has 1 aromatic rings. The van der Waals surface area contributed by atoms with Gasteiger partial charge in [0, 0.05) is 37.4 Å². The first-order valence-electron chi connectivity index (χ1n) is 7.46. The van der Waals surface area contributed by atoms with Gasteiger partial charge >= 0.3 is 0 Å². The fourth-order valence-electron chi connectivity index (χ4n) is 1.78. The molecule has 0 aliphatic heterocycles. The Labute approximate surface area is 132 Å². The Morgan fingerprint density at radius 1 is 1.14 bits per heavy atom. The van der Waals surface area contributed by atoms with Crippen LogP contribution in [0.2, 0.25) is 5.02 Å². The molecule has 0 aromatic heterocycles. The molecule has 4 nitrogen and oxygen atoms in total. The summed E-state index contributed by atoms with van der Waals surface area (Å²) in [6.07, 6.45) is 2.24. The highest BCUT2D eigenvalue weighted by atomic mass is 35.5. The molecule has 120 valence electrons. The highest BCUT2D eigenvalue weighted by Gasteiger charge is 2.05. The zero-order valence-corrected chi connectivity index (χ0v) is 13.7. The van der Waals surface area contributed by atoms with Crippen LogP contribution in [-0.4, -0.2) is 40.1 Å². The Morgan fingerprint density at radius 3 is 2.76 bits per heavy atom. The summed E-state index contributed by atoms with van der Waals surface area (Å²) < 4.78 is 16.3. The summed E-state index contributed by atoms with van der Waals surface area (Å²) in [6.45, 7) is 6.29. The number of ether oxygens (including phenoxy) is 3. The van der Waals surface area contributed by atoms with Crippen molar-refractivity contribution in [3.8, 4) is 5.75 Å². The Kier molecular flexibility index (Phi) is 10.3. The van der Waals surface area contributed by atoms with Crippen LogP contribution in [-0.2, 0) is 16.0 Å². The molecule has 21 heavy (non-hydrogen) atoms. The van der Waals surface area contributed by atoms with Crippen LogP contribution in [0.1, 0.15) is 25.3 Å². The SMILES string of the molecule is CCCCOCCOc1ccc(Cl)cc1CNCCOC. The van der Waals surface area contributed by atoms with E-state index >= 15 is 0 Å². The number of rotatable bonds is 12. The number of halogens is 1. The molecule has 1 rings (SSSR count). The minimum atomic E-state index is 0.552. The van der Waals surface area contributed by atoms with Gasteiger partial charge in [-0.1, -0.05) is 24.9 Å². The number of nitrogens with one attached hydrogen (secondary N) is 1. The van der Waals surface area contributed by atoms with Gasteiger partial charge in [-0.3, -0.25) is 0 Å². The van der Waals surface area contributed by atoms with Crippen LogP contribution in [0.3, 0.4) is 0 Å². The number of unbranched alkanes of at least 4 members (excludes halogenated alkanes) is 1. The van der Waals surface area contributed by atoms with E-state index in [1.54, 1.807) is 7.11 Å². The lowest BCUT2D eigenvalue weighted by molar-refractivity contribution is 0.0977. The van der Waals surface area contributed by atoms with E-state index in [4.69, 9.17) is 25.8 Å². The molecule has 0 fully saturated rings. The van der Waals surface area contributed by atoms with Gasteiger partial charge in [0.1, 0.15) is 12.4 Å². The highest BCUT2D eigenvalue weighted by Crippen LogP contribution is 2.22. The summed E-state index contributed by atoms with van der Waals surface area (Å²) in [4.78, 5) is 0. The molecule has 0 bridgehead atoms. The van der Waals surface area contributed by atoms with Crippen LogP contribution in [0.5, 0.6) is 5.75 Å². The zero-order valence-electron chi connectivity index (χ0n) is 13.0. The minimum Gasteiger partial charge on any atom is -0.491 e. The first kappa shape index (κ1) is 18.2. The van der Waals surface area contributed by atoms with Crippen LogP contribution in [0.15, 0.2) is 18.2 Å². The smallest absolute Gasteiger partial charge is 0.124 e. The predicted molar refractivity (Wildman–Crippen MR) is 86.3 cm³/mol. The van der Waals surface area contributed by atoms with Crippen molar-refractivity contribution in [1.82, 2.24) is 5.32 Å². The van der Waals surface area contributed by atoms with Crippen LogP contribution in [0.4, 0.5) is 0 Å². The lowest BCUT2D eigenvalue weighted by atomic mass is 10.2. The van der Waals surface area contributed by atoms with Crippen LogP contribution >= 0.6 is 11.6 Å². The summed E-state index contributed by atoms with van der Waals surface area (Å²) in [7, 11) is 1.69. The summed E-state index contributed by atoms with van der Waals surface area (Å²) in [6, 6.07) is 5.67. The van der Waals surface area contributed by atoms with E-state index in [0.717, 1.165) is 37.3 Å². The third kappa shape index (κ3) is 8.27. The van der Waals surface area contributed by atoms with Gasteiger partial charge in [0.15, 0.2) is 0 Å². The fraction of sp³-hybridized carbons (Fsp3) is 0.625. The number of methoxy groups -OCH3 is 1. The van der Waals surface area contributed by atoms with Crippen LogP contribution in [0, 0.1) is 0 Å². The number of benzene rings is 1. The predicted octanol–water partition coefficient (Wildman–Crippen LogP) is 3.27. The Morgan fingerprint density at radius 2 is 2.00 bits per heavy atom. The maximum absolute atomic E-state index is 6.04. The minimum absolute atomic E-state index is 0.552. The third-order valence-corrected chi connectivity index (χ3v) is 3.18. The molecule has 0 heterocycles. The largest absolute Gasteiger partial charge is 0.491 e. The van der Waals surface area contributed by atoms with Crippen molar-refractivity contribution >= 4 is 11.6 Å². The quantitative estimate of drug-likeness (QED) is 0.601. The van der Waals surface area contributed by atoms with E-state index in [0.29, 0.717) is 31.4 Å². The molecule has 0 radical (unpaired) electrons. The second kappa shape index (κ2) is 11.8. The van der Waals surface area contributed by atoms with Crippen molar-refractivity contribution in [2.45, 2.75) is 26.3 Å². The zero-order chi connectivity index (χ0) is 15.3. The second-order valence-electron chi connectivity index (χ2n) is 4.74. The topological polar surface area (TPSA) is 39.7 Å². The molecule has 5 heteroatoms. The van der Waals surface area contributed by atoms with Crippen molar-refractivity contribution in [2.75, 3.05) is 40.1 Å². The first-order valence-corrected chi connectivity index (χ1v) is 7.84. The van der Waals surface area contributed by atoms with Crippen molar-refractivity contribution < 1.29 is 14.2 Å². The van der Waals surface area contributed by atoms with Crippen LogP contribution in [0.25, 0.3) is 0 Å². The molecule has 0 saturated heterocycles. The molecule has 0 saturated carbocycles. The van der Waals surface area contributed by atoms with Crippen molar-refractivity contribution in [3.05, 3.63) is 28.8 Å². The molecule has 0 aliphatic rings. The molecule has 0 unspecified atom stereocenters. The van der Waals surface area contributed by atoms with Gasteiger partial charge in [-0.15, -0.1) is 0 Å². The molecule has 0 aliphatic carbocycles. The summed E-state index contributed by atoms with van der Waals surface area (Å²) in [5.74, 6) is 0.850. The summed E-state index contributed by atoms with van der Waals surface area (Å²) in [5, 5.41) is 4.01. The second-order valence-corrected chi connectivity index (χ2v) is 5.17. The Bertz CT molecular complexity index is 388. The average molecular weight is 316 g/mol. The molecule has 0 atom stereocenters. The van der Waals surface area contributed by atoms with Gasteiger partial charge in [0.2, 0.25) is 0 Å². The van der Waals surface area contributed by atoms with Gasteiger partial charge in [-0.2, -0.15) is 0 Å². The molecular formula is C16H26ClNO3. The van der Waals surface area contributed by atoms with Crippen molar-refractivity contribution in [1.29, 1.82) is 0 Å². The van der Waals surface area contributed by atoms with Crippen LogP contribution < -0.4 is 10.1 Å². The molecular weight excluding hydrogens is 290 g/mol. The standard InChI is InChI=1S/C16H26ClNO3/c1-3-4-8-20-10-11-21-16-6-5-15(17)12-14(16)13-18-7-9-19-2/h5-6,12,18H,3-4,7-11,13H2,1-2H3. The Balaban J connectivity index is 2.37. The van der Waals surface area contributed by atoms with Gasteiger partial charge < -0.3 is 19.5 Å². The highest BCUT2D eigenvalue weighted by molar-refractivity contribution is 6.30. The van der Waals surface area contributed by atoms with E-state index < -0.39 is 0 Å². The number of hydrogen-bond donors (Lipinski definition) is 1.